The van der Waals surface area contributed by atoms with Crippen molar-refractivity contribution >= 4 is 15.7 Å². The molecule has 1 amide bonds. The fourth-order valence-corrected chi connectivity index (χ4v) is 4.77. The molecule has 2 heterocycles. The van der Waals surface area contributed by atoms with Crippen LogP contribution in [0.15, 0.2) is 0 Å². The molecule has 2 fully saturated rings. The lowest BCUT2D eigenvalue weighted by Crippen LogP contribution is -2.49. The van der Waals surface area contributed by atoms with Gasteiger partial charge in [-0.15, -0.1) is 0 Å². The highest BCUT2D eigenvalue weighted by Crippen LogP contribution is 2.23. The maximum absolute atomic E-state index is 12.4. The van der Waals surface area contributed by atoms with Crippen LogP contribution in [0.2, 0.25) is 0 Å². The van der Waals surface area contributed by atoms with Crippen LogP contribution in [0.25, 0.3) is 0 Å². The SMILES string of the molecule is O=C(C1CCCCS1(=O)=O)N1CCC(OCCO)CC1. The van der Waals surface area contributed by atoms with Gasteiger partial charge in [0.25, 0.3) is 0 Å². The van der Waals surface area contributed by atoms with E-state index in [-0.39, 0.29) is 24.4 Å². The number of ether oxygens (including phenoxy) is 1. The van der Waals surface area contributed by atoms with Crippen molar-refractivity contribution < 1.29 is 23.1 Å². The molecule has 0 spiro atoms. The van der Waals surface area contributed by atoms with Crippen LogP contribution in [0, 0.1) is 0 Å². The van der Waals surface area contributed by atoms with Gasteiger partial charge in [-0.3, -0.25) is 4.79 Å². The molecule has 1 atom stereocenters. The van der Waals surface area contributed by atoms with Crippen LogP contribution >= 0.6 is 0 Å². The highest BCUT2D eigenvalue weighted by atomic mass is 32.2. The molecule has 0 aromatic heterocycles. The van der Waals surface area contributed by atoms with Crippen molar-refractivity contribution in [2.75, 3.05) is 32.1 Å². The van der Waals surface area contributed by atoms with Gasteiger partial charge in [0, 0.05) is 13.1 Å². The number of sulfone groups is 1. The zero-order chi connectivity index (χ0) is 14.6. The van der Waals surface area contributed by atoms with E-state index >= 15 is 0 Å². The van der Waals surface area contributed by atoms with Crippen molar-refractivity contribution in [3.05, 3.63) is 0 Å². The number of piperidine rings is 1. The standard InChI is InChI=1S/C13H23NO5S/c15-8-9-19-11-4-6-14(7-5-11)13(16)12-3-1-2-10-20(12,17)18/h11-12,15H,1-10H2. The molecule has 6 nitrogen and oxygen atoms in total. The number of hydrogen-bond acceptors (Lipinski definition) is 5. The van der Waals surface area contributed by atoms with Gasteiger partial charge >= 0.3 is 0 Å². The van der Waals surface area contributed by atoms with Crippen molar-refractivity contribution in [1.29, 1.82) is 0 Å². The molecule has 2 rings (SSSR count). The van der Waals surface area contributed by atoms with Crippen molar-refractivity contribution in [1.82, 2.24) is 4.90 Å². The second kappa shape index (κ2) is 6.87. The lowest BCUT2D eigenvalue weighted by atomic mass is 10.1. The van der Waals surface area contributed by atoms with Crippen LogP contribution in [-0.2, 0) is 19.4 Å². The number of hydrogen-bond donors (Lipinski definition) is 1. The Morgan fingerprint density at radius 3 is 2.50 bits per heavy atom. The van der Waals surface area contributed by atoms with Crippen LogP contribution in [-0.4, -0.2) is 67.7 Å². The molecule has 116 valence electrons. The van der Waals surface area contributed by atoms with Crippen LogP contribution in [0.5, 0.6) is 0 Å². The van der Waals surface area contributed by atoms with E-state index in [9.17, 15) is 13.2 Å². The van der Waals surface area contributed by atoms with Gasteiger partial charge in [0.2, 0.25) is 5.91 Å². The second-order valence-corrected chi connectivity index (χ2v) is 7.77. The zero-order valence-electron chi connectivity index (χ0n) is 11.7. The van der Waals surface area contributed by atoms with Gasteiger partial charge in [0.05, 0.1) is 25.1 Å². The molecule has 0 aromatic rings. The molecule has 1 unspecified atom stereocenters. The summed E-state index contributed by atoms with van der Waals surface area (Å²) >= 11 is 0. The third-order valence-corrected chi connectivity index (χ3v) is 6.21. The van der Waals surface area contributed by atoms with E-state index in [4.69, 9.17) is 9.84 Å². The third kappa shape index (κ3) is 3.71. The zero-order valence-corrected chi connectivity index (χ0v) is 12.5. The normalized spacial score (nSPS) is 27.4. The number of carbonyl (C=O) groups excluding carboxylic acids is 1. The Hall–Kier alpha value is -0.660. The van der Waals surface area contributed by atoms with Gasteiger partial charge in [-0.2, -0.15) is 0 Å². The first-order valence-corrected chi connectivity index (χ1v) is 8.99. The molecule has 0 aliphatic carbocycles. The monoisotopic (exact) mass is 305 g/mol. The van der Waals surface area contributed by atoms with E-state index in [0.717, 1.165) is 6.42 Å². The summed E-state index contributed by atoms with van der Waals surface area (Å²) in [6.45, 7) is 1.40. The Labute approximate surface area is 120 Å². The van der Waals surface area contributed by atoms with Gasteiger partial charge in [0.1, 0.15) is 5.25 Å². The van der Waals surface area contributed by atoms with Crippen molar-refractivity contribution in [3.63, 3.8) is 0 Å². The third-order valence-electron chi connectivity index (χ3n) is 4.05. The summed E-state index contributed by atoms with van der Waals surface area (Å²) in [6.07, 6.45) is 3.42. The molecule has 20 heavy (non-hydrogen) atoms. The molecule has 0 aromatic carbocycles. The fraction of sp³-hybridized carbons (Fsp3) is 0.923. The Balaban J connectivity index is 1.88. The van der Waals surface area contributed by atoms with Crippen molar-refractivity contribution in [2.45, 2.75) is 43.5 Å². The molecule has 0 saturated carbocycles. The lowest BCUT2D eigenvalue weighted by molar-refractivity contribution is -0.133. The summed E-state index contributed by atoms with van der Waals surface area (Å²) in [5.41, 5.74) is 0. The van der Waals surface area contributed by atoms with E-state index in [0.29, 0.717) is 45.4 Å². The lowest BCUT2D eigenvalue weighted by Gasteiger charge is -2.34. The highest BCUT2D eigenvalue weighted by molar-refractivity contribution is 7.92. The van der Waals surface area contributed by atoms with E-state index in [1.807, 2.05) is 0 Å². The Kier molecular flexibility index (Phi) is 5.40. The summed E-state index contributed by atoms with van der Waals surface area (Å²) in [5.74, 6) is -0.0928. The van der Waals surface area contributed by atoms with Gasteiger partial charge < -0.3 is 14.7 Å². The van der Waals surface area contributed by atoms with Crippen LogP contribution in [0.3, 0.4) is 0 Å². The molecule has 7 heteroatoms. The van der Waals surface area contributed by atoms with Crippen LogP contribution in [0.4, 0.5) is 0 Å². The minimum absolute atomic E-state index is 0.000533. The average molecular weight is 305 g/mol. The first-order chi connectivity index (χ1) is 9.54. The topological polar surface area (TPSA) is 83.9 Å². The Bertz CT molecular complexity index is 428. The first kappa shape index (κ1) is 15.7. The molecule has 0 radical (unpaired) electrons. The number of amides is 1. The molecule has 2 aliphatic heterocycles. The minimum Gasteiger partial charge on any atom is -0.394 e. The summed E-state index contributed by atoms with van der Waals surface area (Å²) < 4.78 is 29.4. The number of carbonyl (C=O) groups is 1. The summed E-state index contributed by atoms with van der Waals surface area (Å²) in [4.78, 5) is 14.0. The minimum atomic E-state index is -3.26. The molecular weight excluding hydrogens is 282 g/mol. The summed E-state index contributed by atoms with van der Waals surface area (Å²) in [6, 6.07) is 0. The maximum Gasteiger partial charge on any atom is 0.240 e. The number of likely N-dealkylation sites (tertiary alicyclic amines) is 1. The van der Waals surface area contributed by atoms with Gasteiger partial charge in [0.15, 0.2) is 9.84 Å². The van der Waals surface area contributed by atoms with Crippen molar-refractivity contribution in [2.24, 2.45) is 0 Å². The first-order valence-electron chi connectivity index (χ1n) is 7.27. The van der Waals surface area contributed by atoms with E-state index in [1.165, 1.54) is 0 Å². The molecule has 0 bridgehead atoms. The molecule has 1 N–H and O–H groups in total. The Morgan fingerprint density at radius 1 is 1.20 bits per heavy atom. The number of aliphatic hydroxyl groups excluding tert-OH is 1. The molecular formula is C13H23NO5S. The summed E-state index contributed by atoms with van der Waals surface area (Å²) in [7, 11) is -3.26. The highest BCUT2D eigenvalue weighted by Gasteiger charge is 2.38. The largest absolute Gasteiger partial charge is 0.394 e. The van der Waals surface area contributed by atoms with E-state index in [1.54, 1.807) is 4.90 Å². The van der Waals surface area contributed by atoms with Crippen LogP contribution in [0.1, 0.15) is 32.1 Å². The van der Waals surface area contributed by atoms with Gasteiger partial charge in [-0.05, 0) is 25.7 Å². The number of aliphatic hydroxyl groups is 1. The predicted molar refractivity (Wildman–Crippen MR) is 74.1 cm³/mol. The van der Waals surface area contributed by atoms with Crippen molar-refractivity contribution in [3.8, 4) is 0 Å². The maximum atomic E-state index is 12.4. The van der Waals surface area contributed by atoms with Gasteiger partial charge in [-0.1, -0.05) is 6.42 Å². The second-order valence-electron chi connectivity index (χ2n) is 5.47. The quantitative estimate of drug-likeness (QED) is 0.787. The summed E-state index contributed by atoms with van der Waals surface area (Å²) in [5, 5.41) is 7.88. The number of nitrogens with zero attached hydrogens (tertiary/aromatic N) is 1. The van der Waals surface area contributed by atoms with Gasteiger partial charge in [-0.25, -0.2) is 8.42 Å². The average Bonchev–Trinajstić information content (AvgIpc) is 2.44. The fourth-order valence-electron chi connectivity index (χ4n) is 2.90. The molecule has 2 saturated heterocycles. The van der Waals surface area contributed by atoms with Crippen LogP contribution < -0.4 is 0 Å². The van der Waals surface area contributed by atoms with E-state index in [2.05, 4.69) is 0 Å². The Morgan fingerprint density at radius 2 is 1.90 bits per heavy atom. The number of rotatable bonds is 4. The van der Waals surface area contributed by atoms with E-state index < -0.39 is 15.1 Å². The predicted octanol–water partition coefficient (Wildman–Crippen LogP) is -0.0464. The smallest absolute Gasteiger partial charge is 0.240 e. The molecule has 2 aliphatic rings.